The van der Waals surface area contributed by atoms with Gasteiger partial charge in [-0.3, -0.25) is 0 Å². The smallest absolute Gasteiger partial charge is 0.321 e. The van der Waals surface area contributed by atoms with Gasteiger partial charge in [0.05, 0.1) is 27.7 Å². The van der Waals surface area contributed by atoms with Crippen molar-refractivity contribution in [1.29, 1.82) is 0 Å². The van der Waals surface area contributed by atoms with E-state index in [0.29, 0.717) is 49.4 Å². The molecular weight excluding hydrogens is 376 g/mol. The number of benzene rings is 1. The van der Waals surface area contributed by atoms with Gasteiger partial charge < -0.3 is 10.2 Å². The van der Waals surface area contributed by atoms with Crippen molar-refractivity contribution in [2.24, 2.45) is 5.92 Å². The van der Waals surface area contributed by atoms with E-state index in [9.17, 15) is 13.2 Å². The lowest BCUT2D eigenvalue weighted by Gasteiger charge is -2.36. The van der Waals surface area contributed by atoms with Crippen molar-refractivity contribution in [3.8, 4) is 0 Å². The molecule has 2 heterocycles. The van der Waals surface area contributed by atoms with Gasteiger partial charge in [0, 0.05) is 13.1 Å². The maximum atomic E-state index is 13.3. The Morgan fingerprint density at radius 2 is 1.93 bits per heavy atom. The zero-order valence-corrected chi connectivity index (χ0v) is 16.7. The van der Waals surface area contributed by atoms with Crippen molar-refractivity contribution in [3.63, 3.8) is 0 Å². The standard InChI is InChI=1S/C20H24N4O3S/c1-15-3-2-4-18(13-15)28(26,27)20(8-9-20)16-6-11-24(12-7-16)19(25)23-17-5-10-21-22-14-17/h2-5,10,13-14,16H,6-9,11-12H2,1H3,(H,21,23,25). The van der Waals surface area contributed by atoms with E-state index in [1.54, 1.807) is 29.2 Å². The summed E-state index contributed by atoms with van der Waals surface area (Å²) in [5, 5.41) is 10.2. The number of sulfone groups is 1. The van der Waals surface area contributed by atoms with Gasteiger partial charge in [-0.15, -0.1) is 0 Å². The first-order valence-electron chi connectivity index (χ1n) is 9.56. The average molecular weight is 401 g/mol. The van der Waals surface area contributed by atoms with Gasteiger partial charge in [0.2, 0.25) is 0 Å². The lowest BCUT2D eigenvalue weighted by atomic mass is 9.91. The van der Waals surface area contributed by atoms with Gasteiger partial charge in [-0.2, -0.15) is 10.2 Å². The van der Waals surface area contributed by atoms with E-state index in [0.717, 1.165) is 5.56 Å². The Morgan fingerprint density at radius 1 is 1.18 bits per heavy atom. The molecule has 2 aliphatic rings. The Hall–Kier alpha value is -2.48. The molecule has 0 bridgehead atoms. The van der Waals surface area contributed by atoms with Crippen LogP contribution in [0.5, 0.6) is 0 Å². The van der Waals surface area contributed by atoms with Gasteiger partial charge in [-0.1, -0.05) is 12.1 Å². The molecule has 2 aromatic rings. The third kappa shape index (κ3) is 3.37. The highest BCUT2D eigenvalue weighted by Crippen LogP contribution is 2.55. The molecule has 0 radical (unpaired) electrons. The van der Waals surface area contributed by atoms with Gasteiger partial charge in [0.1, 0.15) is 0 Å². The van der Waals surface area contributed by atoms with Crippen LogP contribution in [-0.4, -0.2) is 47.4 Å². The number of nitrogens with one attached hydrogen (secondary N) is 1. The number of hydrogen-bond acceptors (Lipinski definition) is 5. The third-order valence-electron chi connectivity index (χ3n) is 5.94. The number of likely N-dealkylation sites (tertiary alicyclic amines) is 1. The second kappa shape index (κ2) is 7.16. The summed E-state index contributed by atoms with van der Waals surface area (Å²) < 4.78 is 26.0. The fourth-order valence-corrected chi connectivity index (χ4v) is 6.59. The monoisotopic (exact) mass is 400 g/mol. The predicted octanol–water partition coefficient (Wildman–Crippen LogP) is 3.04. The second-order valence-electron chi connectivity index (χ2n) is 7.71. The fraction of sp³-hybridized carbons (Fsp3) is 0.450. The van der Waals surface area contributed by atoms with Crippen molar-refractivity contribution in [2.75, 3.05) is 18.4 Å². The Bertz CT molecular complexity index is 966. The predicted molar refractivity (Wildman–Crippen MR) is 106 cm³/mol. The van der Waals surface area contributed by atoms with Crippen LogP contribution in [0.2, 0.25) is 0 Å². The first-order valence-corrected chi connectivity index (χ1v) is 11.0. The lowest BCUT2D eigenvalue weighted by Crippen LogP contribution is -2.45. The lowest BCUT2D eigenvalue weighted by molar-refractivity contribution is 0.179. The first-order chi connectivity index (χ1) is 13.4. The number of anilines is 1. The minimum absolute atomic E-state index is 0.0876. The molecule has 1 saturated heterocycles. The van der Waals surface area contributed by atoms with E-state index in [-0.39, 0.29) is 11.9 Å². The van der Waals surface area contributed by atoms with Gasteiger partial charge in [-0.25, -0.2) is 13.2 Å². The number of aromatic nitrogens is 2. The Balaban J connectivity index is 1.43. The van der Waals surface area contributed by atoms with Crippen LogP contribution in [0.15, 0.2) is 47.6 Å². The van der Waals surface area contributed by atoms with E-state index in [4.69, 9.17) is 0 Å². The summed E-state index contributed by atoms with van der Waals surface area (Å²) in [6.07, 6.45) is 5.85. The summed E-state index contributed by atoms with van der Waals surface area (Å²) in [5.74, 6) is 0.0876. The molecule has 0 spiro atoms. The van der Waals surface area contributed by atoms with Crippen LogP contribution in [-0.2, 0) is 9.84 Å². The molecule has 0 atom stereocenters. The van der Waals surface area contributed by atoms with Crippen LogP contribution < -0.4 is 5.32 Å². The van der Waals surface area contributed by atoms with Crippen LogP contribution >= 0.6 is 0 Å². The van der Waals surface area contributed by atoms with E-state index >= 15 is 0 Å². The first kappa shape index (κ1) is 18.9. The molecule has 8 heteroatoms. The SMILES string of the molecule is Cc1cccc(S(=O)(=O)C2(C3CCN(C(=O)Nc4ccnnc4)CC3)CC2)c1. The maximum Gasteiger partial charge on any atom is 0.321 e. The molecular formula is C20H24N4O3S. The molecule has 2 amide bonds. The van der Waals surface area contributed by atoms with Crippen LogP contribution in [0, 0.1) is 12.8 Å². The normalized spacial score (nSPS) is 19.2. The van der Waals surface area contributed by atoms with Gasteiger partial charge in [0.15, 0.2) is 9.84 Å². The van der Waals surface area contributed by atoms with Crippen LogP contribution in [0.1, 0.15) is 31.2 Å². The third-order valence-corrected chi connectivity index (χ3v) is 8.63. The van der Waals surface area contributed by atoms with Gasteiger partial charge in [0.25, 0.3) is 0 Å². The van der Waals surface area contributed by atoms with E-state index in [1.807, 2.05) is 13.0 Å². The summed E-state index contributed by atoms with van der Waals surface area (Å²) in [6.45, 7) is 3.02. The van der Waals surface area contributed by atoms with Crippen molar-refractivity contribution in [3.05, 3.63) is 48.3 Å². The second-order valence-corrected chi connectivity index (χ2v) is 10.00. The number of amides is 2. The molecule has 1 saturated carbocycles. The summed E-state index contributed by atoms with van der Waals surface area (Å²) in [4.78, 5) is 14.6. The van der Waals surface area contributed by atoms with Crippen molar-refractivity contribution in [1.82, 2.24) is 15.1 Å². The minimum Gasteiger partial charge on any atom is -0.325 e. The molecule has 1 aliphatic heterocycles. The number of rotatable bonds is 4. The number of carbonyl (C=O) groups excluding carboxylic acids is 1. The number of hydrogen-bond donors (Lipinski definition) is 1. The van der Waals surface area contributed by atoms with Crippen molar-refractivity contribution >= 4 is 21.6 Å². The maximum absolute atomic E-state index is 13.3. The van der Waals surface area contributed by atoms with Gasteiger partial charge in [-0.05, 0) is 62.3 Å². The quantitative estimate of drug-likeness (QED) is 0.852. The highest BCUT2D eigenvalue weighted by molar-refractivity contribution is 7.93. The molecule has 1 aliphatic carbocycles. The molecule has 1 aromatic heterocycles. The number of aryl methyl sites for hydroxylation is 1. The summed E-state index contributed by atoms with van der Waals surface area (Å²) in [7, 11) is -3.37. The minimum atomic E-state index is -3.37. The fourth-order valence-electron chi connectivity index (χ4n) is 4.21. The van der Waals surface area contributed by atoms with Crippen LogP contribution in [0.4, 0.5) is 10.5 Å². The van der Waals surface area contributed by atoms with Crippen molar-refractivity contribution < 1.29 is 13.2 Å². The molecule has 7 nitrogen and oxygen atoms in total. The van der Waals surface area contributed by atoms with Crippen molar-refractivity contribution in [2.45, 2.75) is 42.2 Å². The highest BCUT2D eigenvalue weighted by atomic mass is 32.2. The topological polar surface area (TPSA) is 92.3 Å². The van der Waals surface area contributed by atoms with Crippen LogP contribution in [0.3, 0.4) is 0 Å². The largest absolute Gasteiger partial charge is 0.325 e. The molecule has 1 aromatic carbocycles. The number of nitrogens with zero attached hydrogens (tertiary/aromatic N) is 3. The Kier molecular flexibility index (Phi) is 4.82. The van der Waals surface area contributed by atoms with E-state index in [1.165, 1.54) is 12.4 Å². The summed E-state index contributed by atoms with van der Waals surface area (Å²) in [5.41, 5.74) is 1.55. The zero-order chi connectivity index (χ0) is 19.8. The average Bonchev–Trinajstić information content (AvgIpc) is 3.51. The molecule has 2 fully saturated rings. The molecule has 1 N–H and O–H groups in total. The summed E-state index contributed by atoms with van der Waals surface area (Å²) in [6, 6.07) is 8.69. The zero-order valence-electron chi connectivity index (χ0n) is 15.8. The highest BCUT2D eigenvalue weighted by Gasteiger charge is 2.59. The van der Waals surface area contributed by atoms with E-state index < -0.39 is 14.6 Å². The van der Waals surface area contributed by atoms with E-state index in [2.05, 4.69) is 15.5 Å². The summed E-state index contributed by atoms with van der Waals surface area (Å²) >= 11 is 0. The molecule has 148 valence electrons. The number of urea groups is 1. The van der Waals surface area contributed by atoms with Gasteiger partial charge >= 0.3 is 6.03 Å². The Morgan fingerprint density at radius 3 is 2.54 bits per heavy atom. The molecule has 28 heavy (non-hydrogen) atoms. The molecule has 0 unspecified atom stereocenters. The Labute approximate surface area is 165 Å². The molecule has 4 rings (SSSR count). The number of piperidine rings is 1. The van der Waals surface area contributed by atoms with Crippen LogP contribution in [0.25, 0.3) is 0 Å². The number of carbonyl (C=O) groups is 1.